The second-order valence-electron chi connectivity index (χ2n) is 4.64. The summed E-state index contributed by atoms with van der Waals surface area (Å²) in [6, 6.07) is 5.61. The molecule has 1 aliphatic heterocycles. The van der Waals surface area contributed by atoms with Crippen LogP contribution in [0.5, 0.6) is 0 Å². The van der Waals surface area contributed by atoms with E-state index in [1.165, 1.54) is 24.3 Å². The zero-order chi connectivity index (χ0) is 14.0. The van der Waals surface area contributed by atoms with Gasteiger partial charge in [0.1, 0.15) is 4.38 Å². The lowest BCUT2D eigenvalue weighted by molar-refractivity contribution is -0.384. The summed E-state index contributed by atoms with van der Waals surface area (Å²) in [5.41, 5.74) is 0.430. The van der Waals surface area contributed by atoms with E-state index in [2.05, 4.69) is 18.8 Å². The molecule has 1 aromatic rings. The molecule has 0 saturated heterocycles. The summed E-state index contributed by atoms with van der Waals surface area (Å²) in [6.45, 7) is 4.85. The highest BCUT2D eigenvalue weighted by Crippen LogP contribution is 2.37. The highest BCUT2D eigenvalue weighted by atomic mass is 32.2. The fraction of sp³-hybridized carbons (Fsp3) is 0.333. The van der Waals surface area contributed by atoms with Crippen LogP contribution >= 0.6 is 23.5 Å². The highest BCUT2D eigenvalue weighted by molar-refractivity contribution is 8.45. The van der Waals surface area contributed by atoms with Gasteiger partial charge in [0.15, 0.2) is 0 Å². The molecular formula is C12H12N2O3S2. The molecule has 0 atom stereocenters. The second-order valence-corrected chi connectivity index (χ2v) is 7.55. The molecule has 0 bridgehead atoms. The Balaban J connectivity index is 2.03. The molecule has 0 aromatic heterocycles. The molecule has 0 fully saturated rings. The lowest BCUT2D eigenvalue weighted by Crippen LogP contribution is -2.14. The Hall–Kier alpha value is -1.34. The van der Waals surface area contributed by atoms with Gasteiger partial charge in [-0.1, -0.05) is 11.8 Å². The van der Waals surface area contributed by atoms with Crippen LogP contribution in [-0.2, 0) is 0 Å². The first kappa shape index (κ1) is 14.1. The third kappa shape index (κ3) is 3.57. The molecule has 0 amide bonds. The Morgan fingerprint density at radius 3 is 2.53 bits per heavy atom. The molecule has 1 aliphatic rings. The topological polar surface area (TPSA) is 72.6 Å². The zero-order valence-electron chi connectivity index (χ0n) is 10.5. The summed E-state index contributed by atoms with van der Waals surface area (Å²) in [5.74, 6) is 0. The van der Waals surface area contributed by atoms with Crippen molar-refractivity contribution in [1.29, 1.82) is 0 Å². The quantitative estimate of drug-likeness (QED) is 0.618. The number of rotatable bonds is 2. The van der Waals surface area contributed by atoms with Crippen molar-refractivity contribution >= 4 is 38.7 Å². The van der Waals surface area contributed by atoms with Gasteiger partial charge in [-0.2, -0.15) is 0 Å². The maximum atomic E-state index is 12.0. The molecule has 0 aliphatic carbocycles. The molecule has 19 heavy (non-hydrogen) atoms. The second kappa shape index (κ2) is 5.34. The first-order valence-corrected chi connectivity index (χ1v) is 7.21. The van der Waals surface area contributed by atoms with Crippen molar-refractivity contribution in [3.63, 3.8) is 0 Å². The Labute approximate surface area is 119 Å². The van der Waals surface area contributed by atoms with E-state index in [9.17, 15) is 14.9 Å². The number of carbonyl (C=O) groups is 1. The fourth-order valence-electron chi connectivity index (χ4n) is 1.47. The lowest BCUT2D eigenvalue weighted by atomic mass is 10.2. The SMILES string of the molecule is CC1(C)CN=C(SC(=O)c2ccc([N+](=O)[O-])cc2)S1. The highest BCUT2D eigenvalue weighted by Gasteiger charge is 2.29. The number of hydrogen-bond donors (Lipinski definition) is 0. The molecule has 0 unspecified atom stereocenters. The first-order chi connectivity index (χ1) is 8.87. The Morgan fingerprint density at radius 1 is 1.42 bits per heavy atom. The molecule has 1 aromatic carbocycles. The predicted molar refractivity (Wildman–Crippen MR) is 79.0 cm³/mol. The van der Waals surface area contributed by atoms with Crippen LogP contribution in [0, 0.1) is 10.1 Å². The van der Waals surface area contributed by atoms with E-state index >= 15 is 0 Å². The molecule has 7 heteroatoms. The molecule has 1 heterocycles. The van der Waals surface area contributed by atoms with E-state index in [1.54, 1.807) is 11.8 Å². The normalized spacial score (nSPS) is 17.1. The van der Waals surface area contributed by atoms with Crippen molar-refractivity contribution in [1.82, 2.24) is 0 Å². The van der Waals surface area contributed by atoms with Gasteiger partial charge in [0.05, 0.1) is 11.5 Å². The maximum absolute atomic E-state index is 12.0. The molecule has 5 nitrogen and oxygen atoms in total. The number of hydrogen-bond acceptors (Lipinski definition) is 6. The molecule has 0 radical (unpaired) electrons. The fourth-order valence-corrected chi connectivity index (χ4v) is 3.81. The number of non-ortho nitro benzene ring substituents is 1. The molecule has 0 spiro atoms. The zero-order valence-corrected chi connectivity index (χ0v) is 12.1. The van der Waals surface area contributed by atoms with Crippen molar-refractivity contribution < 1.29 is 9.72 Å². The van der Waals surface area contributed by atoms with Gasteiger partial charge in [0, 0.05) is 22.4 Å². The average molecular weight is 296 g/mol. The number of carbonyl (C=O) groups excluding carboxylic acids is 1. The summed E-state index contributed by atoms with van der Waals surface area (Å²) < 4.78 is 0.798. The van der Waals surface area contributed by atoms with Gasteiger partial charge in [-0.05, 0) is 37.7 Å². The molecule has 2 rings (SSSR count). The van der Waals surface area contributed by atoms with Crippen LogP contribution in [0.1, 0.15) is 24.2 Å². The van der Waals surface area contributed by atoms with E-state index in [0.29, 0.717) is 12.1 Å². The van der Waals surface area contributed by atoms with Crippen molar-refractivity contribution in [3.05, 3.63) is 39.9 Å². The van der Waals surface area contributed by atoms with Crippen LogP contribution < -0.4 is 0 Å². The third-order valence-electron chi connectivity index (χ3n) is 2.45. The van der Waals surface area contributed by atoms with E-state index < -0.39 is 4.92 Å². The number of nitro groups is 1. The Kier molecular flexibility index (Phi) is 3.96. The third-order valence-corrected chi connectivity index (χ3v) is 4.66. The lowest BCUT2D eigenvalue weighted by Gasteiger charge is -2.13. The van der Waals surface area contributed by atoms with Gasteiger partial charge in [-0.15, -0.1) is 0 Å². The summed E-state index contributed by atoms with van der Waals surface area (Å²) in [6.07, 6.45) is 0. The summed E-state index contributed by atoms with van der Waals surface area (Å²) in [7, 11) is 0. The van der Waals surface area contributed by atoms with Gasteiger partial charge in [0.2, 0.25) is 5.12 Å². The number of thioether (sulfide) groups is 2. The maximum Gasteiger partial charge on any atom is 0.269 e. The van der Waals surface area contributed by atoms with Crippen molar-refractivity contribution in [2.45, 2.75) is 18.6 Å². The van der Waals surface area contributed by atoms with Crippen LogP contribution in [0.3, 0.4) is 0 Å². The largest absolute Gasteiger partial charge is 0.281 e. The van der Waals surface area contributed by atoms with E-state index in [1.807, 2.05) is 0 Å². The van der Waals surface area contributed by atoms with E-state index in [0.717, 1.165) is 16.1 Å². The Bertz CT molecular complexity index is 553. The smallest absolute Gasteiger partial charge is 0.269 e. The summed E-state index contributed by atoms with van der Waals surface area (Å²) >= 11 is 2.66. The van der Waals surface area contributed by atoms with E-state index in [-0.39, 0.29) is 15.5 Å². The minimum absolute atomic E-state index is 0.0183. The standard InChI is InChI=1S/C12H12N2O3S2/c1-12(2)7-13-11(19-12)18-10(15)8-3-5-9(6-4-8)14(16)17/h3-6H,7H2,1-2H3. The monoisotopic (exact) mass is 296 g/mol. The van der Waals surface area contributed by atoms with Crippen molar-refractivity contribution in [3.8, 4) is 0 Å². The average Bonchev–Trinajstić information content (AvgIpc) is 2.68. The number of nitro benzene ring substituents is 1. The number of aliphatic imine (C=N–C) groups is 1. The number of nitrogens with zero attached hydrogens (tertiary/aromatic N) is 2. The summed E-state index contributed by atoms with van der Waals surface area (Å²) in [5, 5.41) is 10.4. The molecule has 0 saturated carbocycles. The Morgan fingerprint density at radius 2 is 2.05 bits per heavy atom. The van der Waals surface area contributed by atoms with Gasteiger partial charge < -0.3 is 0 Å². The minimum atomic E-state index is -0.485. The molecular weight excluding hydrogens is 284 g/mol. The minimum Gasteiger partial charge on any atom is -0.281 e. The molecule has 100 valence electrons. The van der Waals surface area contributed by atoms with Crippen LogP contribution in [0.2, 0.25) is 0 Å². The van der Waals surface area contributed by atoms with Crippen molar-refractivity contribution in [2.24, 2.45) is 4.99 Å². The summed E-state index contributed by atoms with van der Waals surface area (Å²) in [4.78, 5) is 26.3. The van der Waals surface area contributed by atoms with E-state index in [4.69, 9.17) is 0 Å². The molecule has 0 N–H and O–H groups in total. The first-order valence-electron chi connectivity index (χ1n) is 5.57. The van der Waals surface area contributed by atoms with Crippen LogP contribution in [0.4, 0.5) is 5.69 Å². The van der Waals surface area contributed by atoms with Crippen LogP contribution in [0.25, 0.3) is 0 Å². The van der Waals surface area contributed by atoms with Gasteiger partial charge in [-0.3, -0.25) is 19.9 Å². The van der Waals surface area contributed by atoms with Crippen molar-refractivity contribution in [2.75, 3.05) is 6.54 Å². The van der Waals surface area contributed by atoms with Crippen LogP contribution in [-0.4, -0.2) is 25.7 Å². The van der Waals surface area contributed by atoms with Crippen LogP contribution in [0.15, 0.2) is 29.3 Å². The van der Waals surface area contributed by atoms with Gasteiger partial charge >= 0.3 is 0 Å². The number of benzene rings is 1. The predicted octanol–water partition coefficient (Wildman–Crippen LogP) is 3.35. The van der Waals surface area contributed by atoms with Gasteiger partial charge in [-0.25, -0.2) is 0 Å². The van der Waals surface area contributed by atoms with Gasteiger partial charge in [0.25, 0.3) is 5.69 Å².